The predicted molar refractivity (Wildman–Crippen MR) is 34.8 cm³/mol. The number of hydrogen-bond acceptors (Lipinski definition) is 1. The van der Waals surface area contributed by atoms with Gasteiger partial charge in [-0.25, -0.2) is 0 Å². The second-order valence-corrected chi connectivity index (χ2v) is 2.38. The zero-order valence-electron chi connectivity index (χ0n) is 6.24. The predicted octanol–water partition coefficient (Wildman–Crippen LogP) is 2.38. The molecule has 0 heterocycles. The molecule has 0 atom stereocenters. The van der Waals surface area contributed by atoms with Gasteiger partial charge in [-0.05, 0) is 12.8 Å². The average molecular weight is 148 g/mol. The Bertz CT molecular complexity index is 166. The Morgan fingerprint density at radius 2 is 1.70 bits per heavy atom. The molecule has 0 saturated heterocycles. The molecule has 0 aromatic carbocycles. The van der Waals surface area contributed by atoms with Gasteiger partial charge in [0.15, 0.2) is 5.78 Å². The van der Waals surface area contributed by atoms with Crippen LogP contribution in [0.1, 0.15) is 20.8 Å². The Balaban J connectivity index is 4.61. The molecule has 0 aliphatic heterocycles. The Morgan fingerprint density at radius 3 is 1.70 bits per heavy atom. The Hall–Kier alpha value is -0.730. The quantitative estimate of drug-likeness (QED) is 0.549. The molecule has 0 aliphatic rings. The number of halogens is 2. The zero-order chi connectivity index (χ0) is 8.31. The second-order valence-electron chi connectivity index (χ2n) is 2.38. The van der Waals surface area contributed by atoms with E-state index in [0.717, 1.165) is 6.92 Å². The number of hydrogen-bond donors (Lipinski definition) is 0. The normalized spacial score (nSPS) is 9.80. The molecule has 0 aromatic heterocycles. The lowest BCUT2D eigenvalue weighted by molar-refractivity contribution is -0.114. The van der Waals surface area contributed by atoms with Gasteiger partial charge in [-0.15, -0.1) is 0 Å². The lowest BCUT2D eigenvalue weighted by atomic mass is 10.0. The lowest BCUT2D eigenvalue weighted by Gasteiger charge is -2.03. The molecular formula is C7H10F2O. The second kappa shape index (κ2) is 3.44. The minimum Gasteiger partial charge on any atom is -0.295 e. The van der Waals surface area contributed by atoms with Crippen molar-refractivity contribution in [2.75, 3.05) is 0 Å². The van der Waals surface area contributed by atoms with E-state index in [2.05, 4.69) is 0 Å². The molecule has 3 heteroatoms. The number of ketones is 1. The van der Waals surface area contributed by atoms with E-state index >= 15 is 0 Å². The first-order chi connectivity index (χ1) is 4.46. The van der Waals surface area contributed by atoms with Crippen LogP contribution in [0.5, 0.6) is 0 Å². The summed E-state index contributed by atoms with van der Waals surface area (Å²) >= 11 is 0. The summed E-state index contributed by atoms with van der Waals surface area (Å²) in [5, 5.41) is 0. The molecule has 10 heavy (non-hydrogen) atoms. The van der Waals surface area contributed by atoms with E-state index in [1.165, 1.54) is 0 Å². The number of carbonyl (C=O) groups is 1. The van der Waals surface area contributed by atoms with Gasteiger partial charge < -0.3 is 0 Å². The third kappa shape index (κ3) is 2.25. The highest BCUT2D eigenvalue weighted by atomic mass is 19.3. The summed E-state index contributed by atoms with van der Waals surface area (Å²) in [5.41, 5.74) is -0.361. The molecule has 0 bridgehead atoms. The fourth-order valence-corrected chi connectivity index (χ4v) is 0.758. The van der Waals surface area contributed by atoms with Crippen LogP contribution in [0.4, 0.5) is 8.78 Å². The largest absolute Gasteiger partial charge is 0.295 e. The van der Waals surface area contributed by atoms with Crippen molar-refractivity contribution < 1.29 is 13.6 Å². The summed E-state index contributed by atoms with van der Waals surface area (Å²) < 4.78 is 23.7. The Morgan fingerprint density at radius 1 is 1.30 bits per heavy atom. The maximum absolute atomic E-state index is 11.9. The van der Waals surface area contributed by atoms with Gasteiger partial charge in [-0.3, -0.25) is 4.79 Å². The van der Waals surface area contributed by atoms with Crippen molar-refractivity contribution in [3.05, 3.63) is 11.7 Å². The van der Waals surface area contributed by atoms with Gasteiger partial charge in [-0.2, -0.15) is 8.78 Å². The molecular weight excluding hydrogens is 138 g/mol. The van der Waals surface area contributed by atoms with Crippen molar-refractivity contribution in [2.24, 2.45) is 5.92 Å². The molecule has 0 saturated carbocycles. The van der Waals surface area contributed by atoms with Gasteiger partial charge in [0, 0.05) is 0 Å². The summed E-state index contributed by atoms with van der Waals surface area (Å²) in [7, 11) is 0. The number of rotatable bonds is 2. The molecule has 1 nitrogen and oxygen atoms in total. The fourth-order valence-electron chi connectivity index (χ4n) is 0.758. The smallest absolute Gasteiger partial charge is 0.277 e. The number of carbonyl (C=O) groups excluding carboxylic acids is 1. The van der Waals surface area contributed by atoms with Crippen molar-refractivity contribution in [1.29, 1.82) is 0 Å². The van der Waals surface area contributed by atoms with Crippen LogP contribution in [-0.2, 0) is 4.79 Å². The van der Waals surface area contributed by atoms with E-state index in [1.807, 2.05) is 0 Å². The lowest BCUT2D eigenvalue weighted by Crippen LogP contribution is -2.04. The number of Topliss-reactive ketones (excluding diaryl/α,β-unsaturated/α-hetero) is 1. The highest BCUT2D eigenvalue weighted by molar-refractivity contribution is 5.93. The zero-order valence-corrected chi connectivity index (χ0v) is 6.24. The molecule has 0 unspecified atom stereocenters. The van der Waals surface area contributed by atoms with Crippen LogP contribution in [0.15, 0.2) is 11.7 Å². The van der Waals surface area contributed by atoms with Gasteiger partial charge in [0.25, 0.3) is 6.08 Å². The first-order valence-corrected chi connectivity index (χ1v) is 3.03. The minimum atomic E-state index is -1.86. The molecule has 0 aliphatic carbocycles. The van der Waals surface area contributed by atoms with Crippen LogP contribution in [0.2, 0.25) is 0 Å². The average Bonchev–Trinajstić information content (AvgIpc) is 1.59. The summed E-state index contributed by atoms with van der Waals surface area (Å²) in [6, 6.07) is 0. The fraction of sp³-hybridized carbons (Fsp3) is 0.571. The summed E-state index contributed by atoms with van der Waals surface area (Å²) in [6.07, 6.45) is -1.86. The van der Waals surface area contributed by atoms with Crippen molar-refractivity contribution in [3.8, 4) is 0 Å². The van der Waals surface area contributed by atoms with Gasteiger partial charge in [0.2, 0.25) is 0 Å². The summed E-state index contributed by atoms with van der Waals surface area (Å²) in [5.74, 6) is -0.933. The third-order valence-corrected chi connectivity index (χ3v) is 1.16. The standard InChI is InChI=1S/C7H10F2O/c1-4(2)6(5(3)10)7(8)9/h4H,1-3H3. The van der Waals surface area contributed by atoms with Crippen molar-refractivity contribution in [1.82, 2.24) is 0 Å². The van der Waals surface area contributed by atoms with E-state index in [4.69, 9.17) is 0 Å². The van der Waals surface area contributed by atoms with Crippen LogP contribution in [0.25, 0.3) is 0 Å². The SMILES string of the molecule is CC(=O)C(=C(F)F)C(C)C. The maximum atomic E-state index is 11.9. The molecule has 0 aromatic rings. The van der Waals surface area contributed by atoms with Crippen LogP contribution in [0.3, 0.4) is 0 Å². The van der Waals surface area contributed by atoms with Gasteiger partial charge in [-0.1, -0.05) is 13.8 Å². The highest BCUT2D eigenvalue weighted by Crippen LogP contribution is 2.17. The Labute approximate surface area is 58.7 Å². The molecule has 0 rings (SSSR count). The van der Waals surface area contributed by atoms with E-state index in [9.17, 15) is 13.6 Å². The molecule has 0 N–H and O–H groups in total. The highest BCUT2D eigenvalue weighted by Gasteiger charge is 2.14. The van der Waals surface area contributed by atoms with Crippen molar-refractivity contribution >= 4 is 5.78 Å². The van der Waals surface area contributed by atoms with Crippen LogP contribution in [-0.4, -0.2) is 5.78 Å². The summed E-state index contributed by atoms with van der Waals surface area (Å²) in [6.45, 7) is 4.28. The Kier molecular flexibility index (Phi) is 3.19. The monoisotopic (exact) mass is 148 g/mol. The van der Waals surface area contributed by atoms with Crippen LogP contribution < -0.4 is 0 Å². The minimum absolute atomic E-state index is 0.361. The third-order valence-electron chi connectivity index (χ3n) is 1.16. The van der Waals surface area contributed by atoms with Gasteiger partial charge in [0.05, 0.1) is 5.57 Å². The molecule has 58 valence electrons. The maximum Gasteiger partial charge on any atom is 0.277 e. The van der Waals surface area contributed by atoms with E-state index in [0.29, 0.717) is 0 Å². The first kappa shape index (κ1) is 9.27. The van der Waals surface area contributed by atoms with Crippen molar-refractivity contribution in [2.45, 2.75) is 20.8 Å². The van der Waals surface area contributed by atoms with Crippen molar-refractivity contribution in [3.63, 3.8) is 0 Å². The summed E-state index contributed by atoms with van der Waals surface area (Å²) in [4.78, 5) is 10.5. The number of allylic oxidation sites excluding steroid dienone is 1. The topological polar surface area (TPSA) is 17.1 Å². The van der Waals surface area contributed by atoms with Gasteiger partial charge >= 0.3 is 0 Å². The van der Waals surface area contributed by atoms with Crippen LogP contribution >= 0.6 is 0 Å². The van der Waals surface area contributed by atoms with E-state index in [1.54, 1.807) is 13.8 Å². The molecule has 0 fully saturated rings. The van der Waals surface area contributed by atoms with Crippen LogP contribution in [0, 0.1) is 5.92 Å². The molecule has 0 radical (unpaired) electrons. The van der Waals surface area contributed by atoms with Gasteiger partial charge in [0.1, 0.15) is 0 Å². The van der Waals surface area contributed by atoms with E-state index < -0.39 is 11.9 Å². The molecule has 0 spiro atoms. The first-order valence-electron chi connectivity index (χ1n) is 3.03. The molecule has 0 amide bonds. The van der Waals surface area contributed by atoms with E-state index in [-0.39, 0.29) is 11.5 Å².